The van der Waals surface area contributed by atoms with Crippen LogP contribution in [-0.2, 0) is 4.79 Å². The van der Waals surface area contributed by atoms with Gasteiger partial charge in [0.05, 0.1) is 0 Å². The number of hydrogen-bond acceptors (Lipinski definition) is 3. The smallest absolute Gasteiger partial charge is 0.272 e. The minimum absolute atomic E-state index is 0.0529. The topological polar surface area (TPSA) is 53.5 Å². The first-order valence-electron chi connectivity index (χ1n) is 5.74. The highest BCUT2D eigenvalue weighted by atomic mass is 35.5. The Morgan fingerprint density at radius 1 is 1.39 bits per heavy atom. The lowest BCUT2D eigenvalue weighted by Gasteiger charge is -2.19. The van der Waals surface area contributed by atoms with Crippen LogP contribution in [0.3, 0.4) is 0 Å². The number of carbonyl (C=O) groups excluding carboxylic acids is 2. The number of carbonyl (C=O) groups is 2. The van der Waals surface area contributed by atoms with E-state index in [0.717, 1.165) is 6.42 Å². The van der Waals surface area contributed by atoms with Crippen molar-refractivity contribution in [2.45, 2.75) is 6.42 Å². The molecule has 0 saturated carbocycles. The lowest BCUT2D eigenvalue weighted by Crippen LogP contribution is -2.38. The van der Waals surface area contributed by atoms with Crippen LogP contribution in [0.4, 0.5) is 0 Å². The van der Waals surface area contributed by atoms with Crippen LogP contribution in [-0.4, -0.2) is 53.3 Å². The van der Waals surface area contributed by atoms with Crippen molar-refractivity contribution in [1.29, 1.82) is 0 Å². The molecule has 0 radical (unpaired) electrons. The third kappa shape index (κ3) is 2.79. The number of halogens is 1. The van der Waals surface area contributed by atoms with Gasteiger partial charge in [-0.05, 0) is 18.6 Å². The van der Waals surface area contributed by atoms with Gasteiger partial charge in [0, 0.05) is 20.1 Å². The molecule has 0 aromatic carbocycles. The van der Waals surface area contributed by atoms with Crippen LogP contribution in [0.5, 0.6) is 0 Å². The van der Waals surface area contributed by atoms with Gasteiger partial charge in [0.15, 0.2) is 0 Å². The van der Waals surface area contributed by atoms with Crippen molar-refractivity contribution in [3.63, 3.8) is 0 Å². The molecule has 0 aliphatic carbocycles. The summed E-state index contributed by atoms with van der Waals surface area (Å²) in [6.45, 7) is 1.33. The van der Waals surface area contributed by atoms with E-state index in [2.05, 4.69) is 4.98 Å². The Morgan fingerprint density at radius 3 is 2.89 bits per heavy atom. The summed E-state index contributed by atoms with van der Waals surface area (Å²) < 4.78 is 0. The average Bonchev–Trinajstić information content (AvgIpc) is 2.51. The first-order valence-corrected chi connectivity index (χ1v) is 6.11. The van der Waals surface area contributed by atoms with Crippen LogP contribution < -0.4 is 0 Å². The molecule has 5 nitrogen and oxygen atoms in total. The monoisotopic (exact) mass is 267 g/mol. The van der Waals surface area contributed by atoms with Crippen LogP contribution in [0.15, 0.2) is 18.2 Å². The van der Waals surface area contributed by atoms with Gasteiger partial charge in [-0.3, -0.25) is 9.59 Å². The Kier molecular flexibility index (Phi) is 3.81. The van der Waals surface area contributed by atoms with Gasteiger partial charge in [-0.2, -0.15) is 0 Å². The number of hydrogen-bond donors (Lipinski definition) is 0. The zero-order valence-electron chi connectivity index (χ0n) is 10.1. The largest absolute Gasteiger partial charge is 0.344 e. The Hall–Kier alpha value is -1.62. The first-order chi connectivity index (χ1) is 8.58. The highest BCUT2D eigenvalue weighted by Gasteiger charge is 2.24. The molecule has 2 amide bonds. The number of likely N-dealkylation sites (N-methyl/N-ethyl adjacent to an activating group) is 1. The first kappa shape index (κ1) is 12.8. The second-order valence-corrected chi connectivity index (χ2v) is 4.63. The maximum absolute atomic E-state index is 12.2. The Bertz CT molecular complexity index is 478. The Balaban J connectivity index is 2.16. The molecule has 0 bridgehead atoms. The minimum atomic E-state index is -0.249. The fourth-order valence-corrected chi connectivity index (χ4v) is 2.01. The highest BCUT2D eigenvalue weighted by molar-refractivity contribution is 6.29. The van der Waals surface area contributed by atoms with Crippen molar-refractivity contribution in [2.24, 2.45) is 0 Å². The lowest BCUT2D eigenvalue weighted by atomic mass is 10.3. The fraction of sp³-hybridized carbons (Fsp3) is 0.417. The standard InChI is InChI=1S/C12H14ClN3O2/c1-15-6-3-7-16(8-11(15)17)12(18)9-4-2-5-10(13)14-9/h2,4-5H,3,6-8H2,1H3. The van der Waals surface area contributed by atoms with Crippen molar-refractivity contribution in [3.8, 4) is 0 Å². The summed E-state index contributed by atoms with van der Waals surface area (Å²) in [6.07, 6.45) is 0.772. The van der Waals surface area contributed by atoms with Crippen LogP contribution >= 0.6 is 11.6 Å². The predicted octanol–water partition coefficient (Wildman–Crippen LogP) is 1.04. The third-order valence-electron chi connectivity index (χ3n) is 2.89. The second-order valence-electron chi connectivity index (χ2n) is 4.24. The SMILES string of the molecule is CN1CCCN(C(=O)c2cccc(Cl)n2)CC1=O. The number of aromatic nitrogens is 1. The normalized spacial score (nSPS) is 16.7. The second kappa shape index (κ2) is 5.35. The number of amides is 2. The molecule has 1 aromatic heterocycles. The molecule has 1 aliphatic heterocycles. The molecule has 1 saturated heterocycles. The molecule has 0 atom stereocenters. The summed E-state index contributed by atoms with van der Waals surface area (Å²) in [6, 6.07) is 4.89. The Labute approximate surface area is 110 Å². The van der Waals surface area contributed by atoms with E-state index in [1.54, 1.807) is 30.1 Å². The molecule has 2 rings (SSSR count). The number of rotatable bonds is 1. The summed E-state index contributed by atoms with van der Waals surface area (Å²) in [5, 5.41) is 0.277. The average molecular weight is 268 g/mol. The van der Waals surface area contributed by atoms with E-state index in [1.807, 2.05) is 0 Å². The highest BCUT2D eigenvalue weighted by Crippen LogP contribution is 2.10. The summed E-state index contributed by atoms with van der Waals surface area (Å²) in [5.74, 6) is -0.302. The van der Waals surface area contributed by atoms with Gasteiger partial charge >= 0.3 is 0 Å². The zero-order chi connectivity index (χ0) is 13.1. The van der Waals surface area contributed by atoms with E-state index in [9.17, 15) is 9.59 Å². The molecule has 6 heteroatoms. The Morgan fingerprint density at radius 2 is 2.17 bits per heavy atom. The maximum atomic E-state index is 12.2. The number of pyridine rings is 1. The van der Waals surface area contributed by atoms with Crippen molar-refractivity contribution >= 4 is 23.4 Å². The van der Waals surface area contributed by atoms with Crippen LogP contribution in [0.1, 0.15) is 16.9 Å². The molecule has 96 valence electrons. The van der Waals surface area contributed by atoms with E-state index >= 15 is 0 Å². The van der Waals surface area contributed by atoms with Crippen LogP contribution in [0.25, 0.3) is 0 Å². The molecule has 1 fully saturated rings. The van der Waals surface area contributed by atoms with Gasteiger partial charge in [0.25, 0.3) is 5.91 Å². The van der Waals surface area contributed by atoms with Gasteiger partial charge < -0.3 is 9.80 Å². The molecular formula is C12H14ClN3O2. The maximum Gasteiger partial charge on any atom is 0.272 e. The molecule has 0 N–H and O–H groups in total. The van der Waals surface area contributed by atoms with E-state index in [0.29, 0.717) is 13.1 Å². The van der Waals surface area contributed by atoms with Crippen molar-refractivity contribution < 1.29 is 9.59 Å². The van der Waals surface area contributed by atoms with E-state index in [4.69, 9.17) is 11.6 Å². The molecular weight excluding hydrogens is 254 g/mol. The summed E-state index contributed by atoms with van der Waals surface area (Å²) in [5.41, 5.74) is 0.278. The number of nitrogens with zero attached hydrogens (tertiary/aromatic N) is 3. The quantitative estimate of drug-likeness (QED) is 0.715. The molecule has 1 aliphatic rings. The third-order valence-corrected chi connectivity index (χ3v) is 3.11. The summed E-state index contributed by atoms with van der Waals surface area (Å²) in [4.78, 5) is 31.0. The summed E-state index contributed by atoms with van der Waals surface area (Å²) >= 11 is 5.75. The zero-order valence-corrected chi connectivity index (χ0v) is 10.9. The lowest BCUT2D eigenvalue weighted by molar-refractivity contribution is -0.129. The van der Waals surface area contributed by atoms with Crippen molar-refractivity contribution in [2.75, 3.05) is 26.7 Å². The fourth-order valence-electron chi connectivity index (χ4n) is 1.85. The van der Waals surface area contributed by atoms with Crippen LogP contribution in [0, 0.1) is 0 Å². The minimum Gasteiger partial charge on any atom is -0.344 e. The van der Waals surface area contributed by atoms with Gasteiger partial charge in [0.1, 0.15) is 17.4 Å². The molecule has 1 aromatic rings. The van der Waals surface area contributed by atoms with Gasteiger partial charge in [-0.15, -0.1) is 0 Å². The van der Waals surface area contributed by atoms with E-state index < -0.39 is 0 Å². The van der Waals surface area contributed by atoms with Gasteiger partial charge in [-0.25, -0.2) is 4.98 Å². The summed E-state index contributed by atoms with van der Waals surface area (Å²) in [7, 11) is 1.74. The van der Waals surface area contributed by atoms with Crippen LogP contribution in [0.2, 0.25) is 5.15 Å². The molecule has 18 heavy (non-hydrogen) atoms. The van der Waals surface area contributed by atoms with E-state index in [1.165, 1.54) is 4.90 Å². The molecule has 2 heterocycles. The van der Waals surface area contributed by atoms with Crippen molar-refractivity contribution in [3.05, 3.63) is 29.0 Å². The van der Waals surface area contributed by atoms with Gasteiger partial charge in [0.2, 0.25) is 5.91 Å². The molecule has 0 spiro atoms. The molecule has 0 unspecified atom stereocenters. The van der Waals surface area contributed by atoms with Gasteiger partial charge in [-0.1, -0.05) is 17.7 Å². The van der Waals surface area contributed by atoms with E-state index in [-0.39, 0.29) is 29.2 Å². The van der Waals surface area contributed by atoms with Crippen molar-refractivity contribution in [1.82, 2.24) is 14.8 Å². The predicted molar refractivity (Wildman–Crippen MR) is 67.4 cm³/mol.